The molecule has 0 spiro atoms. The summed E-state index contributed by atoms with van der Waals surface area (Å²) < 4.78 is 5.61. The van der Waals surface area contributed by atoms with Gasteiger partial charge < -0.3 is 4.74 Å². The zero-order chi connectivity index (χ0) is 19.6. The zero-order valence-corrected chi connectivity index (χ0v) is 17.0. The maximum absolute atomic E-state index is 5.61. The highest BCUT2D eigenvalue weighted by atomic mass is 16.5. The largest absolute Gasteiger partial charge is 0.373 e. The summed E-state index contributed by atoms with van der Waals surface area (Å²) in [4.78, 5) is 0. The molecule has 2 aromatic rings. The molecule has 1 aliphatic rings. The Morgan fingerprint density at radius 1 is 0.893 bits per heavy atom. The number of hydrogen-bond donors (Lipinski definition) is 0. The molecule has 0 amide bonds. The number of rotatable bonds is 8. The number of benzene rings is 2. The summed E-state index contributed by atoms with van der Waals surface area (Å²) in [6, 6.07) is 17.5. The Hall–Kier alpha value is -2.38. The van der Waals surface area contributed by atoms with E-state index in [2.05, 4.69) is 73.3 Å². The minimum Gasteiger partial charge on any atom is -0.373 e. The van der Waals surface area contributed by atoms with Gasteiger partial charge in [0.05, 0.1) is 13.2 Å². The van der Waals surface area contributed by atoms with Gasteiger partial charge >= 0.3 is 0 Å². The standard InChI is InChI=1S/C27H32O/c1-3-5-20-28-21-25-14-18-27(19-15-25)26-16-12-24(13-17-26)11-10-23-8-6-22(4-2)7-9-23/h3-5,10-19,22-23H,2,6-9,20-21H2,1H3/t22-,23-. The van der Waals surface area contributed by atoms with Gasteiger partial charge in [0.1, 0.15) is 0 Å². The van der Waals surface area contributed by atoms with Gasteiger partial charge in [-0.1, -0.05) is 78.9 Å². The van der Waals surface area contributed by atoms with Crippen molar-refractivity contribution in [3.63, 3.8) is 0 Å². The molecule has 0 aromatic heterocycles. The van der Waals surface area contributed by atoms with Crippen LogP contribution < -0.4 is 0 Å². The van der Waals surface area contributed by atoms with Crippen molar-refractivity contribution in [3.8, 4) is 11.1 Å². The molecule has 0 saturated heterocycles. The van der Waals surface area contributed by atoms with Gasteiger partial charge in [-0.05, 0) is 66.7 Å². The second kappa shape index (κ2) is 10.8. The van der Waals surface area contributed by atoms with Gasteiger partial charge in [0.25, 0.3) is 0 Å². The maximum atomic E-state index is 5.61. The molecule has 0 unspecified atom stereocenters. The third-order valence-corrected chi connectivity index (χ3v) is 5.63. The molecule has 0 aliphatic heterocycles. The van der Waals surface area contributed by atoms with Crippen LogP contribution in [-0.2, 0) is 11.3 Å². The van der Waals surface area contributed by atoms with E-state index in [1.807, 2.05) is 19.1 Å². The van der Waals surface area contributed by atoms with Crippen molar-refractivity contribution in [1.82, 2.24) is 0 Å². The second-order valence-corrected chi connectivity index (χ2v) is 7.67. The summed E-state index contributed by atoms with van der Waals surface area (Å²) in [7, 11) is 0. The van der Waals surface area contributed by atoms with Gasteiger partial charge in [-0.3, -0.25) is 0 Å². The van der Waals surface area contributed by atoms with Crippen LogP contribution in [0.5, 0.6) is 0 Å². The Morgan fingerprint density at radius 3 is 2.11 bits per heavy atom. The smallest absolute Gasteiger partial charge is 0.0721 e. The fourth-order valence-corrected chi connectivity index (χ4v) is 3.74. The maximum Gasteiger partial charge on any atom is 0.0721 e. The number of ether oxygens (including phenoxy) is 1. The van der Waals surface area contributed by atoms with Crippen LogP contribution in [0.3, 0.4) is 0 Å². The molecule has 1 fully saturated rings. The van der Waals surface area contributed by atoms with Crippen LogP contribution >= 0.6 is 0 Å². The molecule has 1 aliphatic carbocycles. The predicted molar refractivity (Wildman–Crippen MR) is 121 cm³/mol. The Bertz CT molecular complexity index is 772. The first-order chi connectivity index (χ1) is 13.8. The monoisotopic (exact) mass is 372 g/mol. The molecule has 0 bridgehead atoms. The molecule has 28 heavy (non-hydrogen) atoms. The van der Waals surface area contributed by atoms with Gasteiger partial charge in [-0.15, -0.1) is 6.58 Å². The lowest BCUT2D eigenvalue weighted by atomic mass is 9.82. The van der Waals surface area contributed by atoms with E-state index in [1.54, 1.807) is 0 Å². The molecule has 3 rings (SSSR count). The van der Waals surface area contributed by atoms with Gasteiger partial charge in [0.15, 0.2) is 0 Å². The average molecular weight is 373 g/mol. The second-order valence-electron chi connectivity index (χ2n) is 7.67. The van der Waals surface area contributed by atoms with E-state index >= 15 is 0 Å². The lowest BCUT2D eigenvalue weighted by Crippen LogP contribution is -2.10. The van der Waals surface area contributed by atoms with E-state index in [4.69, 9.17) is 4.74 Å². The Labute approximate surface area is 170 Å². The summed E-state index contributed by atoms with van der Waals surface area (Å²) in [5, 5.41) is 0. The molecule has 2 aromatic carbocycles. The molecular formula is C27H32O. The van der Waals surface area contributed by atoms with Crippen LogP contribution in [0, 0.1) is 11.8 Å². The van der Waals surface area contributed by atoms with Crippen molar-refractivity contribution in [1.29, 1.82) is 0 Å². The Kier molecular flexibility index (Phi) is 7.87. The number of hydrogen-bond acceptors (Lipinski definition) is 1. The molecule has 0 N–H and O–H groups in total. The summed E-state index contributed by atoms with van der Waals surface area (Å²) in [5.41, 5.74) is 4.99. The highest BCUT2D eigenvalue weighted by molar-refractivity contribution is 5.66. The van der Waals surface area contributed by atoms with Crippen LogP contribution in [0.2, 0.25) is 0 Å². The third-order valence-electron chi connectivity index (χ3n) is 5.63. The first-order valence-corrected chi connectivity index (χ1v) is 10.5. The van der Waals surface area contributed by atoms with E-state index in [1.165, 1.54) is 47.9 Å². The van der Waals surface area contributed by atoms with Crippen molar-refractivity contribution < 1.29 is 4.74 Å². The molecule has 1 heteroatoms. The average Bonchev–Trinajstić information content (AvgIpc) is 2.76. The van der Waals surface area contributed by atoms with Crippen LogP contribution in [0.4, 0.5) is 0 Å². The van der Waals surface area contributed by atoms with Gasteiger partial charge in [0.2, 0.25) is 0 Å². The molecule has 0 radical (unpaired) electrons. The quantitative estimate of drug-likeness (QED) is 0.345. The summed E-state index contributed by atoms with van der Waals surface area (Å²) in [6.45, 7) is 7.27. The van der Waals surface area contributed by atoms with E-state index < -0.39 is 0 Å². The minimum absolute atomic E-state index is 0.656. The summed E-state index contributed by atoms with van der Waals surface area (Å²) >= 11 is 0. The van der Waals surface area contributed by atoms with E-state index in [0.29, 0.717) is 13.2 Å². The zero-order valence-electron chi connectivity index (χ0n) is 17.0. The van der Waals surface area contributed by atoms with Crippen molar-refractivity contribution in [2.24, 2.45) is 11.8 Å². The third kappa shape index (κ3) is 6.07. The highest BCUT2D eigenvalue weighted by Gasteiger charge is 2.16. The van der Waals surface area contributed by atoms with Gasteiger partial charge in [0, 0.05) is 0 Å². The SMILES string of the molecule is C=C[C@H]1CC[C@H](C=Cc2ccc(-c3ccc(COCC=CC)cc3)cc2)CC1. The first kappa shape index (κ1) is 20.4. The van der Waals surface area contributed by atoms with Gasteiger partial charge in [-0.2, -0.15) is 0 Å². The van der Waals surface area contributed by atoms with E-state index in [0.717, 1.165) is 11.8 Å². The van der Waals surface area contributed by atoms with Crippen LogP contribution in [-0.4, -0.2) is 6.61 Å². The summed E-state index contributed by atoms with van der Waals surface area (Å²) in [6.07, 6.45) is 16.0. The number of allylic oxidation sites excluding steroid dienone is 3. The van der Waals surface area contributed by atoms with Crippen LogP contribution in [0.15, 0.2) is 79.4 Å². The molecule has 1 saturated carbocycles. The molecule has 0 heterocycles. The van der Waals surface area contributed by atoms with Crippen molar-refractivity contribution in [2.75, 3.05) is 6.61 Å². The lowest BCUT2D eigenvalue weighted by Gasteiger charge is -2.24. The van der Waals surface area contributed by atoms with E-state index in [9.17, 15) is 0 Å². The van der Waals surface area contributed by atoms with Crippen molar-refractivity contribution >= 4 is 6.08 Å². The Morgan fingerprint density at radius 2 is 1.50 bits per heavy atom. The summed E-state index contributed by atoms with van der Waals surface area (Å²) in [5.74, 6) is 1.45. The fraction of sp³-hybridized carbons (Fsp3) is 0.333. The molecule has 0 atom stereocenters. The molecule has 146 valence electrons. The van der Waals surface area contributed by atoms with Crippen molar-refractivity contribution in [2.45, 2.75) is 39.2 Å². The van der Waals surface area contributed by atoms with Gasteiger partial charge in [-0.25, -0.2) is 0 Å². The fourth-order valence-electron chi connectivity index (χ4n) is 3.74. The topological polar surface area (TPSA) is 9.23 Å². The van der Waals surface area contributed by atoms with Crippen LogP contribution in [0.25, 0.3) is 17.2 Å². The van der Waals surface area contributed by atoms with E-state index in [-0.39, 0.29) is 0 Å². The predicted octanol–water partition coefficient (Wildman–Crippen LogP) is 7.45. The first-order valence-electron chi connectivity index (χ1n) is 10.5. The van der Waals surface area contributed by atoms with Crippen LogP contribution in [0.1, 0.15) is 43.7 Å². The van der Waals surface area contributed by atoms with Crippen molar-refractivity contribution in [3.05, 3.63) is 90.5 Å². The highest BCUT2D eigenvalue weighted by Crippen LogP contribution is 2.30. The molecular weight excluding hydrogens is 340 g/mol. The normalized spacial score (nSPS) is 20.0. The lowest BCUT2D eigenvalue weighted by molar-refractivity contribution is 0.148. The minimum atomic E-state index is 0.656. The molecule has 1 nitrogen and oxygen atoms in total. The Balaban J connectivity index is 1.53.